The van der Waals surface area contributed by atoms with Gasteiger partial charge in [-0.3, -0.25) is 14.2 Å². The molecule has 1 fully saturated rings. The maximum absolute atomic E-state index is 13.3. The summed E-state index contributed by atoms with van der Waals surface area (Å²) in [4.78, 5) is 30.7. The first-order valence-corrected chi connectivity index (χ1v) is 10.4. The van der Waals surface area contributed by atoms with Crippen molar-refractivity contribution in [3.05, 3.63) is 75.2 Å². The van der Waals surface area contributed by atoms with Crippen LogP contribution in [0.5, 0.6) is 0 Å². The quantitative estimate of drug-likeness (QED) is 0.694. The number of aromatic nitrogens is 2. The third-order valence-electron chi connectivity index (χ3n) is 5.77. The first-order chi connectivity index (χ1) is 14.0. The molecule has 0 radical (unpaired) electrons. The maximum Gasteiger partial charge on any atom is 0.265 e. The van der Waals surface area contributed by atoms with Gasteiger partial charge in [-0.15, -0.1) is 0 Å². The minimum absolute atomic E-state index is 0.116. The predicted octanol–water partition coefficient (Wildman–Crippen LogP) is 4.41. The van der Waals surface area contributed by atoms with Crippen molar-refractivity contribution < 1.29 is 4.79 Å². The summed E-state index contributed by atoms with van der Waals surface area (Å²) in [5.41, 5.74) is 1.32. The van der Waals surface area contributed by atoms with E-state index in [9.17, 15) is 9.59 Å². The van der Waals surface area contributed by atoms with Crippen molar-refractivity contribution >= 4 is 28.5 Å². The first kappa shape index (κ1) is 19.6. The molecule has 2 heterocycles. The fourth-order valence-corrected chi connectivity index (χ4v) is 4.19. The van der Waals surface area contributed by atoms with E-state index in [-0.39, 0.29) is 23.1 Å². The molecular formula is C23H24ClN3O2. The summed E-state index contributed by atoms with van der Waals surface area (Å²) in [5.74, 6) is 0.121. The van der Waals surface area contributed by atoms with Crippen molar-refractivity contribution in [3.63, 3.8) is 0 Å². The molecule has 2 atom stereocenters. The van der Waals surface area contributed by atoms with Gasteiger partial charge < -0.3 is 5.32 Å². The zero-order chi connectivity index (χ0) is 20.4. The number of amides is 1. The fraction of sp³-hybridized carbons (Fsp3) is 0.348. The number of fused-ring (bicyclic) bond motifs is 1. The largest absolute Gasteiger partial charge is 0.349 e. The van der Waals surface area contributed by atoms with Crippen molar-refractivity contribution in [2.24, 2.45) is 5.92 Å². The lowest BCUT2D eigenvalue weighted by atomic mass is 9.86. The molecule has 4 rings (SSSR count). The lowest BCUT2D eigenvalue weighted by Gasteiger charge is -2.29. The summed E-state index contributed by atoms with van der Waals surface area (Å²) >= 11 is 5.98. The second kappa shape index (κ2) is 8.37. The Balaban J connectivity index is 1.72. The standard InChI is InChI=1S/C23H24ClN3O2/c1-15-5-2-3-7-20(15)26-22(28)19-13-17-6-4-12-25-21(17)27(23(19)29)14-16-8-10-18(24)11-9-16/h4,6,8-13,15,20H,2-3,5,7,14H2,1H3,(H,26,28)/t15-,20-/m1/s1. The molecule has 0 bridgehead atoms. The summed E-state index contributed by atoms with van der Waals surface area (Å²) < 4.78 is 1.57. The van der Waals surface area contributed by atoms with E-state index in [0.29, 0.717) is 23.1 Å². The molecule has 1 saturated carbocycles. The van der Waals surface area contributed by atoms with E-state index in [2.05, 4.69) is 17.2 Å². The Morgan fingerprint density at radius 1 is 1.21 bits per heavy atom. The van der Waals surface area contributed by atoms with Gasteiger partial charge in [-0.1, -0.05) is 43.5 Å². The van der Waals surface area contributed by atoms with Gasteiger partial charge in [0.15, 0.2) is 0 Å². The van der Waals surface area contributed by atoms with Crippen molar-refractivity contribution in [2.75, 3.05) is 0 Å². The highest BCUT2D eigenvalue weighted by Crippen LogP contribution is 2.24. The third-order valence-corrected chi connectivity index (χ3v) is 6.03. The minimum atomic E-state index is -0.327. The summed E-state index contributed by atoms with van der Waals surface area (Å²) in [6.07, 6.45) is 6.03. The van der Waals surface area contributed by atoms with E-state index in [0.717, 1.165) is 30.2 Å². The number of rotatable bonds is 4. The average Bonchev–Trinajstić information content (AvgIpc) is 2.73. The van der Waals surface area contributed by atoms with E-state index >= 15 is 0 Å². The number of halogens is 1. The molecule has 6 heteroatoms. The van der Waals surface area contributed by atoms with Crippen LogP contribution in [0.25, 0.3) is 11.0 Å². The molecule has 1 N–H and O–H groups in total. The Kier molecular flexibility index (Phi) is 5.67. The van der Waals surface area contributed by atoms with Crippen LogP contribution in [0, 0.1) is 5.92 Å². The van der Waals surface area contributed by atoms with E-state index in [1.165, 1.54) is 6.42 Å². The van der Waals surface area contributed by atoms with Gasteiger partial charge in [0.25, 0.3) is 11.5 Å². The zero-order valence-electron chi connectivity index (χ0n) is 16.4. The summed E-state index contributed by atoms with van der Waals surface area (Å²) in [6.45, 7) is 2.48. The highest BCUT2D eigenvalue weighted by molar-refractivity contribution is 6.30. The molecular weight excluding hydrogens is 386 g/mol. The third kappa shape index (κ3) is 4.20. The fourth-order valence-electron chi connectivity index (χ4n) is 4.06. The average molecular weight is 410 g/mol. The number of hydrogen-bond acceptors (Lipinski definition) is 3. The SMILES string of the molecule is C[C@@H]1CCCC[C@H]1NC(=O)c1cc2cccnc2n(Cc2ccc(Cl)cc2)c1=O. The summed E-state index contributed by atoms with van der Waals surface area (Å²) in [5, 5.41) is 4.50. The number of benzene rings is 1. The van der Waals surface area contributed by atoms with Gasteiger partial charge in [0.2, 0.25) is 0 Å². The van der Waals surface area contributed by atoms with Crippen LogP contribution in [0.4, 0.5) is 0 Å². The molecule has 0 saturated heterocycles. The van der Waals surface area contributed by atoms with Gasteiger partial charge in [-0.05, 0) is 54.7 Å². The number of nitrogens with one attached hydrogen (secondary N) is 1. The van der Waals surface area contributed by atoms with Crippen LogP contribution in [-0.4, -0.2) is 21.5 Å². The first-order valence-electron chi connectivity index (χ1n) is 10.1. The van der Waals surface area contributed by atoms with Crippen molar-refractivity contribution in [3.8, 4) is 0 Å². The second-order valence-electron chi connectivity index (χ2n) is 7.83. The normalized spacial score (nSPS) is 19.2. The number of pyridine rings is 2. The van der Waals surface area contributed by atoms with Crippen molar-refractivity contribution in [1.29, 1.82) is 0 Å². The Hall–Kier alpha value is -2.66. The molecule has 0 unspecified atom stereocenters. The van der Waals surface area contributed by atoms with Crippen LogP contribution in [0.1, 0.15) is 48.5 Å². The maximum atomic E-state index is 13.3. The molecule has 29 heavy (non-hydrogen) atoms. The van der Waals surface area contributed by atoms with Crippen molar-refractivity contribution in [2.45, 2.75) is 45.2 Å². The predicted molar refractivity (Wildman–Crippen MR) is 115 cm³/mol. The van der Waals surface area contributed by atoms with E-state index in [1.54, 1.807) is 29.0 Å². The Morgan fingerprint density at radius 3 is 2.72 bits per heavy atom. The monoisotopic (exact) mass is 409 g/mol. The smallest absolute Gasteiger partial charge is 0.265 e. The summed E-state index contributed by atoms with van der Waals surface area (Å²) in [7, 11) is 0. The highest BCUT2D eigenvalue weighted by Gasteiger charge is 2.25. The molecule has 1 aliphatic carbocycles. The number of nitrogens with zero attached hydrogens (tertiary/aromatic N) is 2. The molecule has 0 spiro atoms. The van der Waals surface area contributed by atoms with Gasteiger partial charge in [0, 0.05) is 22.6 Å². The Labute approximate surface area is 174 Å². The van der Waals surface area contributed by atoms with E-state index in [4.69, 9.17) is 11.6 Å². The van der Waals surface area contributed by atoms with Gasteiger partial charge in [-0.25, -0.2) is 4.98 Å². The zero-order valence-corrected chi connectivity index (χ0v) is 17.2. The molecule has 5 nitrogen and oxygen atoms in total. The minimum Gasteiger partial charge on any atom is -0.349 e. The van der Waals surface area contributed by atoms with E-state index < -0.39 is 0 Å². The van der Waals surface area contributed by atoms with Gasteiger partial charge in [0.05, 0.1) is 6.54 Å². The molecule has 1 aliphatic rings. The molecule has 1 amide bonds. The molecule has 1 aromatic carbocycles. The van der Waals surface area contributed by atoms with Crippen LogP contribution < -0.4 is 10.9 Å². The van der Waals surface area contributed by atoms with Gasteiger partial charge in [-0.2, -0.15) is 0 Å². The molecule has 0 aliphatic heterocycles. The van der Waals surface area contributed by atoms with Crippen LogP contribution in [0.15, 0.2) is 53.5 Å². The van der Waals surface area contributed by atoms with E-state index in [1.807, 2.05) is 24.3 Å². The van der Waals surface area contributed by atoms with Crippen LogP contribution in [0.3, 0.4) is 0 Å². The highest BCUT2D eigenvalue weighted by atomic mass is 35.5. The number of carbonyl (C=O) groups excluding carboxylic acids is 1. The van der Waals surface area contributed by atoms with Crippen LogP contribution >= 0.6 is 11.6 Å². The van der Waals surface area contributed by atoms with Crippen LogP contribution in [-0.2, 0) is 6.54 Å². The topological polar surface area (TPSA) is 64.0 Å². The van der Waals surface area contributed by atoms with Crippen LogP contribution in [0.2, 0.25) is 5.02 Å². The van der Waals surface area contributed by atoms with Crippen molar-refractivity contribution in [1.82, 2.24) is 14.9 Å². The number of hydrogen-bond donors (Lipinski definition) is 1. The molecule has 150 valence electrons. The van der Waals surface area contributed by atoms with Gasteiger partial charge >= 0.3 is 0 Å². The lowest BCUT2D eigenvalue weighted by molar-refractivity contribution is 0.0908. The molecule has 3 aromatic rings. The lowest BCUT2D eigenvalue weighted by Crippen LogP contribution is -2.43. The van der Waals surface area contributed by atoms with Gasteiger partial charge in [0.1, 0.15) is 11.2 Å². The summed E-state index contributed by atoms with van der Waals surface area (Å²) in [6, 6.07) is 12.8. The second-order valence-corrected chi connectivity index (χ2v) is 8.27. The Bertz CT molecular complexity index is 1090. The Morgan fingerprint density at radius 2 is 1.97 bits per heavy atom. The molecule has 2 aromatic heterocycles. The number of carbonyl (C=O) groups is 1.